The molecule has 2 fully saturated rings. The van der Waals surface area contributed by atoms with Crippen LogP contribution in [-0.4, -0.2) is 83.0 Å². The Morgan fingerprint density at radius 2 is 1.48 bits per heavy atom. The number of piperazine rings is 1. The van der Waals surface area contributed by atoms with Gasteiger partial charge in [-0.3, -0.25) is 14.5 Å². The Hall–Kier alpha value is -1.64. The SMILES string of the molecule is O=C(c1ccc(Cl)cc1)N1CCN([C@@H]2CN(C(=O)c3ccc(Cl)c(Br)c3)C[C@H]2O)CC1. The zero-order valence-electron chi connectivity index (χ0n) is 16.7. The minimum atomic E-state index is -0.627. The van der Waals surface area contributed by atoms with Crippen LogP contribution in [0.4, 0.5) is 0 Å². The molecule has 4 rings (SSSR count). The number of carbonyl (C=O) groups excluding carboxylic acids is 2. The summed E-state index contributed by atoms with van der Waals surface area (Å²) in [5.41, 5.74) is 1.15. The molecule has 9 heteroatoms. The molecular formula is C22H22BrCl2N3O3. The molecule has 2 saturated heterocycles. The van der Waals surface area contributed by atoms with Crippen molar-refractivity contribution in [2.75, 3.05) is 39.3 Å². The molecule has 2 atom stereocenters. The maximum Gasteiger partial charge on any atom is 0.254 e. The highest BCUT2D eigenvalue weighted by Gasteiger charge is 2.39. The fraction of sp³-hybridized carbons (Fsp3) is 0.364. The Morgan fingerprint density at radius 3 is 2.13 bits per heavy atom. The van der Waals surface area contributed by atoms with Crippen molar-refractivity contribution in [3.63, 3.8) is 0 Å². The molecule has 2 amide bonds. The quantitative estimate of drug-likeness (QED) is 0.665. The molecule has 0 spiro atoms. The van der Waals surface area contributed by atoms with E-state index in [1.807, 2.05) is 4.90 Å². The second-order valence-corrected chi connectivity index (χ2v) is 9.51. The number of amides is 2. The molecule has 0 saturated carbocycles. The monoisotopic (exact) mass is 525 g/mol. The van der Waals surface area contributed by atoms with Crippen LogP contribution >= 0.6 is 39.1 Å². The smallest absolute Gasteiger partial charge is 0.254 e. The molecule has 0 bridgehead atoms. The number of hydrogen-bond acceptors (Lipinski definition) is 4. The van der Waals surface area contributed by atoms with Gasteiger partial charge in [0.05, 0.1) is 17.2 Å². The minimum absolute atomic E-state index is 0.0200. The molecule has 0 unspecified atom stereocenters. The van der Waals surface area contributed by atoms with Crippen LogP contribution in [0.25, 0.3) is 0 Å². The molecule has 0 radical (unpaired) electrons. The Balaban J connectivity index is 1.35. The van der Waals surface area contributed by atoms with E-state index in [2.05, 4.69) is 20.8 Å². The van der Waals surface area contributed by atoms with E-state index in [-0.39, 0.29) is 24.4 Å². The number of halogens is 3. The van der Waals surface area contributed by atoms with Crippen molar-refractivity contribution in [2.45, 2.75) is 12.1 Å². The topological polar surface area (TPSA) is 64.1 Å². The third-order valence-corrected chi connectivity index (χ3v) is 7.34. The lowest BCUT2D eigenvalue weighted by atomic mass is 10.1. The number of aliphatic hydroxyl groups is 1. The summed E-state index contributed by atoms with van der Waals surface area (Å²) < 4.78 is 0.665. The van der Waals surface area contributed by atoms with Gasteiger partial charge < -0.3 is 14.9 Å². The Morgan fingerprint density at radius 1 is 0.871 bits per heavy atom. The lowest BCUT2D eigenvalue weighted by molar-refractivity contribution is 0.0376. The molecular weight excluding hydrogens is 505 g/mol. The van der Waals surface area contributed by atoms with E-state index >= 15 is 0 Å². The van der Waals surface area contributed by atoms with Crippen molar-refractivity contribution >= 4 is 50.9 Å². The summed E-state index contributed by atoms with van der Waals surface area (Å²) in [6, 6.07) is 11.8. The first kappa shape index (κ1) is 22.6. The number of rotatable bonds is 3. The molecule has 0 aliphatic carbocycles. The number of β-amino-alcohol motifs (C(OH)–C–C–N with tert-alkyl or cyclic N) is 1. The van der Waals surface area contributed by atoms with Gasteiger partial charge in [-0.25, -0.2) is 0 Å². The molecule has 0 aromatic heterocycles. The van der Waals surface area contributed by atoms with Gasteiger partial charge in [-0.2, -0.15) is 0 Å². The number of aliphatic hydroxyl groups excluding tert-OH is 1. The Bertz CT molecular complexity index is 980. The third kappa shape index (κ3) is 4.91. The summed E-state index contributed by atoms with van der Waals surface area (Å²) in [4.78, 5) is 31.2. The van der Waals surface area contributed by atoms with Crippen molar-refractivity contribution in [3.05, 3.63) is 68.1 Å². The summed E-state index contributed by atoms with van der Waals surface area (Å²) in [5, 5.41) is 11.8. The zero-order valence-corrected chi connectivity index (χ0v) is 19.8. The number of nitrogens with zero attached hydrogens (tertiary/aromatic N) is 3. The van der Waals surface area contributed by atoms with Gasteiger partial charge in [0.15, 0.2) is 0 Å². The van der Waals surface area contributed by atoms with Crippen molar-refractivity contribution in [2.24, 2.45) is 0 Å². The van der Waals surface area contributed by atoms with Crippen LogP contribution < -0.4 is 0 Å². The summed E-state index contributed by atoms with van der Waals surface area (Å²) in [6.07, 6.45) is -0.627. The van der Waals surface area contributed by atoms with Gasteiger partial charge in [0.2, 0.25) is 0 Å². The van der Waals surface area contributed by atoms with E-state index in [1.165, 1.54) is 0 Å². The van der Waals surface area contributed by atoms with Crippen LogP contribution in [0.1, 0.15) is 20.7 Å². The fourth-order valence-electron chi connectivity index (χ4n) is 4.14. The van der Waals surface area contributed by atoms with Crippen molar-refractivity contribution in [1.29, 1.82) is 0 Å². The second-order valence-electron chi connectivity index (χ2n) is 7.81. The average Bonchev–Trinajstić information content (AvgIpc) is 3.17. The predicted molar refractivity (Wildman–Crippen MR) is 124 cm³/mol. The van der Waals surface area contributed by atoms with E-state index in [9.17, 15) is 14.7 Å². The molecule has 1 N–H and O–H groups in total. The van der Waals surface area contributed by atoms with Gasteiger partial charge in [0, 0.05) is 59.9 Å². The molecule has 164 valence electrons. The number of likely N-dealkylation sites (tertiary alicyclic amines) is 1. The standard InChI is InChI=1S/C22H22BrCl2N3O3/c23-17-11-15(3-6-18(17)25)22(31)28-12-19(20(29)13-28)26-7-9-27(10-8-26)21(30)14-1-4-16(24)5-2-14/h1-6,11,19-20,29H,7-10,12-13H2/t19-,20-/m1/s1. The highest BCUT2D eigenvalue weighted by atomic mass is 79.9. The number of benzene rings is 2. The van der Waals surface area contributed by atoms with Crippen LogP contribution in [0.15, 0.2) is 46.9 Å². The molecule has 31 heavy (non-hydrogen) atoms. The lowest BCUT2D eigenvalue weighted by Crippen LogP contribution is -2.54. The predicted octanol–water partition coefficient (Wildman–Crippen LogP) is 3.40. The molecule has 6 nitrogen and oxygen atoms in total. The summed E-state index contributed by atoms with van der Waals surface area (Å²) in [6.45, 7) is 3.18. The number of carbonyl (C=O) groups is 2. The largest absolute Gasteiger partial charge is 0.390 e. The highest BCUT2D eigenvalue weighted by Crippen LogP contribution is 2.26. The first-order chi connectivity index (χ1) is 14.8. The van der Waals surface area contributed by atoms with Crippen LogP contribution in [0.5, 0.6) is 0 Å². The summed E-state index contributed by atoms with van der Waals surface area (Å²) in [5.74, 6) is -0.149. The van der Waals surface area contributed by atoms with Gasteiger partial charge in [-0.15, -0.1) is 0 Å². The molecule has 2 aromatic carbocycles. The summed E-state index contributed by atoms with van der Waals surface area (Å²) >= 11 is 15.3. The maximum atomic E-state index is 12.9. The zero-order chi connectivity index (χ0) is 22.1. The van der Waals surface area contributed by atoms with E-state index < -0.39 is 6.10 Å². The highest BCUT2D eigenvalue weighted by molar-refractivity contribution is 9.10. The van der Waals surface area contributed by atoms with Crippen molar-refractivity contribution in [3.8, 4) is 0 Å². The Labute approximate surface area is 199 Å². The van der Waals surface area contributed by atoms with Crippen LogP contribution in [0.2, 0.25) is 10.0 Å². The Kier molecular flexibility index (Phi) is 6.89. The van der Waals surface area contributed by atoms with Crippen LogP contribution in [0.3, 0.4) is 0 Å². The van der Waals surface area contributed by atoms with Crippen molar-refractivity contribution < 1.29 is 14.7 Å². The van der Waals surface area contributed by atoms with E-state index in [0.29, 0.717) is 58.4 Å². The van der Waals surface area contributed by atoms with Gasteiger partial charge in [-0.05, 0) is 58.4 Å². The van der Waals surface area contributed by atoms with E-state index in [4.69, 9.17) is 23.2 Å². The van der Waals surface area contributed by atoms with Gasteiger partial charge in [0.25, 0.3) is 11.8 Å². The third-order valence-electron chi connectivity index (χ3n) is 5.87. The molecule has 2 heterocycles. The van der Waals surface area contributed by atoms with Crippen molar-refractivity contribution in [1.82, 2.24) is 14.7 Å². The van der Waals surface area contributed by atoms with E-state index in [0.717, 1.165) is 0 Å². The first-order valence-corrected chi connectivity index (χ1v) is 11.6. The average molecular weight is 527 g/mol. The van der Waals surface area contributed by atoms with Gasteiger partial charge in [-0.1, -0.05) is 23.2 Å². The summed E-state index contributed by atoms with van der Waals surface area (Å²) in [7, 11) is 0. The van der Waals surface area contributed by atoms with Crippen LogP contribution in [-0.2, 0) is 0 Å². The van der Waals surface area contributed by atoms with Gasteiger partial charge in [0.1, 0.15) is 0 Å². The maximum absolute atomic E-state index is 12.9. The molecule has 2 aliphatic rings. The van der Waals surface area contributed by atoms with Crippen LogP contribution in [0, 0.1) is 0 Å². The first-order valence-electron chi connectivity index (χ1n) is 10.0. The fourth-order valence-corrected chi connectivity index (χ4v) is 4.76. The van der Waals surface area contributed by atoms with E-state index in [1.54, 1.807) is 47.4 Å². The lowest BCUT2D eigenvalue weighted by Gasteiger charge is -2.38. The van der Waals surface area contributed by atoms with Gasteiger partial charge >= 0.3 is 0 Å². The minimum Gasteiger partial charge on any atom is -0.390 e. The molecule has 2 aromatic rings. The number of hydrogen-bond donors (Lipinski definition) is 1. The molecule has 2 aliphatic heterocycles. The normalized spacial score (nSPS) is 22.1. The second kappa shape index (κ2) is 9.46.